The number of methoxy groups -OCH3 is 1. The van der Waals surface area contributed by atoms with E-state index in [2.05, 4.69) is 4.98 Å². The largest absolute Gasteiger partial charge is 0.469 e. The van der Waals surface area contributed by atoms with Gasteiger partial charge in [-0.2, -0.15) is 0 Å². The zero-order chi connectivity index (χ0) is 13.3. The molecule has 0 N–H and O–H groups in total. The number of hydrogen-bond acceptors (Lipinski definition) is 3. The van der Waals surface area contributed by atoms with Crippen LogP contribution in [0.15, 0.2) is 18.2 Å². The molecule has 0 fully saturated rings. The zero-order valence-corrected chi connectivity index (χ0v) is 11.3. The lowest BCUT2D eigenvalue weighted by atomic mass is 10.0. The van der Waals surface area contributed by atoms with Crippen LogP contribution in [0.3, 0.4) is 0 Å². The van der Waals surface area contributed by atoms with Crippen molar-refractivity contribution in [3.8, 4) is 0 Å². The highest BCUT2D eigenvalue weighted by Crippen LogP contribution is 2.25. The van der Waals surface area contributed by atoms with E-state index in [4.69, 9.17) is 16.3 Å². The average Bonchev–Trinajstić information content (AvgIpc) is 2.30. The number of carbonyl (C=O) groups is 1. The topological polar surface area (TPSA) is 39.2 Å². The van der Waals surface area contributed by atoms with E-state index in [0.29, 0.717) is 5.15 Å². The van der Waals surface area contributed by atoms with E-state index in [9.17, 15) is 4.79 Å². The molecule has 0 unspecified atom stereocenters. The first-order valence-electron chi connectivity index (χ1n) is 5.64. The number of carbonyl (C=O) groups excluding carboxylic acids is 1. The number of aromatic nitrogens is 1. The van der Waals surface area contributed by atoms with Crippen LogP contribution in [0.25, 0.3) is 10.9 Å². The summed E-state index contributed by atoms with van der Waals surface area (Å²) in [5.41, 5.74) is 3.88. The normalized spacial score (nSPS) is 10.7. The smallest absolute Gasteiger partial charge is 0.310 e. The highest BCUT2D eigenvalue weighted by Gasteiger charge is 2.11. The lowest BCUT2D eigenvalue weighted by Crippen LogP contribution is -2.05. The molecule has 1 aromatic carbocycles. The van der Waals surface area contributed by atoms with Gasteiger partial charge in [-0.05, 0) is 37.1 Å². The van der Waals surface area contributed by atoms with Crippen LogP contribution in [0.1, 0.15) is 16.7 Å². The predicted octanol–water partition coefficient (Wildman–Crippen LogP) is 3.22. The number of aryl methyl sites for hydroxylation is 2. The minimum Gasteiger partial charge on any atom is -0.469 e. The molecule has 1 heterocycles. The van der Waals surface area contributed by atoms with Gasteiger partial charge in [0.05, 0.1) is 19.0 Å². The molecular formula is C14H14ClNO2. The Kier molecular flexibility index (Phi) is 3.53. The molecule has 0 amide bonds. The third kappa shape index (κ3) is 2.46. The number of esters is 1. The molecular weight excluding hydrogens is 250 g/mol. The minimum absolute atomic E-state index is 0.206. The fraction of sp³-hybridized carbons (Fsp3) is 0.286. The van der Waals surface area contributed by atoms with Crippen molar-refractivity contribution in [2.45, 2.75) is 20.3 Å². The highest BCUT2D eigenvalue weighted by molar-refractivity contribution is 6.30. The summed E-state index contributed by atoms with van der Waals surface area (Å²) in [7, 11) is 1.38. The van der Waals surface area contributed by atoms with Gasteiger partial charge in [0.15, 0.2) is 0 Å². The number of hydrogen-bond donors (Lipinski definition) is 0. The van der Waals surface area contributed by atoms with Crippen LogP contribution in [-0.2, 0) is 16.0 Å². The molecule has 0 aliphatic heterocycles. The molecule has 0 bridgehead atoms. The molecule has 4 heteroatoms. The SMILES string of the molecule is COC(=O)Cc1cc(Cl)nc2c(C)cc(C)cc12. The Balaban J connectivity index is 2.67. The molecule has 2 rings (SSSR count). The second-order valence-corrected chi connectivity index (χ2v) is 4.72. The molecule has 1 aromatic heterocycles. The Labute approximate surface area is 111 Å². The summed E-state index contributed by atoms with van der Waals surface area (Å²) >= 11 is 6.00. The van der Waals surface area contributed by atoms with Gasteiger partial charge in [-0.25, -0.2) is 4.98 Å². The van der Waals surface area contributed by atoms with Crippen molar-refractivity contribution in [3.63, 3.8) is 0 Å². The van der Waals surface area contributed by atoms with Crippen LogP contribution < -0.4 is 0 Å². The lowest BCUT2D eigenvalue weighted by Gasteiger charge is -2.09. The van der Waals surface area contributed by atoms with Gasteiger partial charge in [-0.3, -0.25) is 4.79 Å². The van der Waals surface area contributed by atoms with E-state index >= 15 is 0 Å². The number of fused-ring (bicyclic) bond motifs is 1. The number of pyridine rings is 1. The first-order chi connectivity index (χ1) is 8.51. The first-order valence-corrected chi connectivity index (χ1v) is 6.02. The maximum atomic E-state index is 11.4. The Morgan fingerprint density at radius 1 is 1.33 bits per heavy atom. The summed E-state index contributed by atoms with van der Waals surface area (Å²) in [6.45, 7) is 4.00. The van der Waals surface area contributed by atoms with Gasteiger partial charge in [0.2, 0.25) is 0 Å². The van der Waals surface area contributed by atoms with Crippen molar-refractivity contribution < 1.29 is 9.53 Å². The average molecular weight is 264 g/mol. The maximum absolute atomic E-state index is 11.4. The molecule has 0 aliphatic carbocycles. The van der Waals surface area contributed by atoms with Crippen LogP contribution in [0, 0.1) is 13.8 Å². The van der Waals surface area contributed by atoms with Gasteiger partial charge in [-0.1, -0.05) is 23.2 Å². The summed E-state index contributed by atoms with van der Waals surface area (Å²) < 4.78 is 4.70. The van der Waals surface area contributed by atoms with E-state index in [1.54, 1.807) is 6.07 Å². The van der Waals surface area contributed by atoms with Crippen molar-refractivity contribution in [1.29, 1.82) is 0 Å². The molecule has 0 saturated carbocycles. The summed E-state index contributed by atoms with van der Waals surface area (Å²) in [5, 5.41) is 1.36. The van der Waals surface area contributed by atoms with Gasteiger partial charge >= 0.3 is 5.97 Å². The van der Waals surface area contributed by atoms with Gasteiger partial charge in [0, 0.05) is 5.39 Å². The van der Waals surface area contributed by atoms with Crippen LogP contribution in [0.2, 0.25) is 5.15 Å². The predicted molar refractivity (Wildman–Crippen MR) is 71.9 cm³/mol. The molecule has 18 heavy (non-hydrogen) atoms. The summed E-state index contributed by atoms with van der Waals surface area (Å²) in [4.78, 5) is 15.7. The minimum atomic E-state index is -0.280. The number of rotatable bonds is 2. The van der Waals surface area contributed by atoms with E-state index in [-0.39, 0.29) is 12.4 Å². The Hall–Kier alpha value is -1.61. The summed E-state index contributed by atoms with van der Waals surface area (Å²) in [6.07, 6.45) is 0.206. The van der Waals surface area contributed by atoms with Gasteiger partial charge in [0.25, 0.3) is 0 Å². The van der Waals surface area contributed by atoms with E-state index in [1.807, 2.05) is 26.0 Å². The Morgan fingerprint density at radius 3 is 2.72 bits per heavy atom. The fourth-order valence-corrected chi connectivity index (χ4v) is 2.30. The van der Waals surface area contributed by atoms with Crippen LogP contribution in [0.5, 0.6) is 0 Å². The number of halogens is 1. The van der Waals surface area contributed by atoms with E-state index < -0.39 is 0 Å². The maximum Gasteiger partial charge on any atom is 0.310 e. The van der Waals surface area contributed by atoms with Crippen molar-refractivity contribution in [3.05, 3.63) is 40.0 Å². The van der Waals surface area contributed by atoms with Crippen LogP contribution in [-0.4, -0.2) is 18.1 Å². The first kappa shape index (κ1) is 12.8. The number of ether oxygens (including phenoxy) is 1. The Morgan fingerprint density at radius 2 is 2.06 bits per heavy atom. The van der Waals surface area contributed by atoms with Crippen molar-refractivity contribution in [2.24, 2.45) is 0 Å². The molecule has 2 aromatic rings. The second-order valence-electron chi connectivity index (χ2n) is 4.33. The third-order valence-corrected chi connectivity index (χ3v) is 3.06. The molecule has 94 valence electrons. The molecule has 0 spiro atoms. The second kappa shape index (κ2) is 4.94. The van der Waals surface area contributed by atoms with Crippen molar-refractivity contribution in [1.82, 2.24) is 4.98 Å². The molecule has 0 aliphatic rings. The summed E-state index contributed by atoms with van der Waals surface area (Å²) in [5.74, 6) is -0.280. The van der Waals surface area contributed by atoms with Crippen LogP contribution >= 0.6 is 11.6 Å². The van der Waals surface area contributed by atoms with E-state index in [0.717, 1.165) is 27.6 Å². The highest BCUT2D eigenvalue weighted by atomic mass is 35.5. The van der Waals surface area contributed by atoms with Crippen molar-refractivity contribution >= 4 is 28.5 Å². The van der Waals surface area contributed by atoms with Gasteiger partial charge in [0.1, 0.15) is 5.15 Å². The number of nitrogens with zero attached hydrogens (tertiary/aromatic N) is 1. The zero-order valence-electron chi connectivity index (χ0n) is 10.6. The van der Waals surface area contributed by atoms with Crippen molar-refractivity contribution in [2.75, 3.05) is 7.11 Å². The van der Waals surface area contributed by atoms with Crippen LogP contribution in [0.4, 0.5) is 0 Å². The Bertz CT molecular complexity index is 623. The molecule has 0 saturated heterocycles. The monoisotopic (exact) mass is 263 g/mol. The fourth-order valence-electron chi connectivity index (χ4n) is 2.09. The lowest BCUT2D eigenvalue weighted by molar-refractivity contribution is -0.139. The van der Waals surface area contributed by atoms with Gasteiger partial charge < -0.3 is 4.74 Å². The molecule has 0 atom stereocenters. The number of benzene rings is 1. The van der Waals surface area contributed by atoms with E-state index in [1.165, 1.54) is 7.11 Å². The molecule has 0 radical (unpaired) electrons. The third-order valence-electron chi connectivity index (χ3n) is 2.87. The summed E-state index contributed by atoms with van der Waals surface area (Å²) in [6, 6.07) is 5.79. The quantitative estimate of drug-likeness (QED) is 0.617. The molecule has 3 nitrogen and oxygen atoms in total. The standard InChI is InChI=1S/C14H14ClNO2/c1-8-4-9(2)14-11(5-8)10(6-12(15)16-14)7-13(17)18-3/h4-6H,7H2,1-3H3. The van der Waals surface area contributed by atoms with Gasteiger partial charge in [-0.15, -0.1) is 0 Å².